The summed E-state index contributed by atoms with van der Waals surface area (Å²) in [7, 11) is 3.84. The number of carbonyl (C=O) groups is 1. The van der Waals surface area contributed by atoms with Crippen molar-refractivity contribution < 1.29 is 14.3 Å². The Hall–Kier alpha value is -1.81. The molecule has 1 aromatic carbocycles. The van der Waals surface area contributed by atoms with Gasteiger partial charge in [0.1, 0.15) is 11.3 Å². The Kier molecular flexibility index (Phi) is 3.15. The van der Waals surface area contributed by atoms with Crippen LogP contribution in [-0.2, 0) is 0 Å². The Morgan fingerprint density at radius 1 is 1.35 bits per heavy atom. The van der Waals surface area contributed by atoms with Gasteiger partial charge in [0, 0.05) is 18.4 Å². The van der Waals surface area contributed by atoms with Gasteiger partial charge in [-0.1, -0.05) is 0 Å². The normalized spacial score (nSPS) is 11.2. The number of phenols is 1. The van der Waals surface area contributed by atoms with Gasteiger partial charge in [-0.05, 0) is 38.4 Å². The van der Waals surface area contributed by atoms with Crippen LogP contribution >= 0.6 is 0 Å². The number of hydrogen-bond acceptors (Lipinski definition) is 4. The summed E-state index contributed by atoms with van der Waals surface area (Å²) in [6, 6.07) is 6.46. The summed E-state index contributed by atoms with van der Waals surface area (Å²) in [5.41, 5.74) is 0.621. The van der Waals surface area contributed by atoms with Gasteiger partial charge in [0.05, 0.1) is 0 Å². The van der Waals surface area contributed by atoms with Gasteiger partial charge in [-0.2, -0.15) is 0 Å². The van der Waals surface area contributed by atoms with Crippen molar-refractivity contribution >= 4 is 16.8 Å². The Morgan fingerprint density at radius 3 is 2.82 bits per heavy atom. The van der Waals surface area contributed by atoms with Gasteiger partial charge in [0.2, 0.25) is 0 Å². The van der Waals surface area contributed by atoms with Gasteiger partial charge in [0.25, 0.3) is 0 Å². The number of fused-ring (bicyclic) bond motifs is 1. The van der Waals surface area contributed by atoms with E-state index in [9.17, 15) is 9.90 Å². The highest BCUT2D eigenvalue weighted by molar-refractivity contribution is 5.97. The monoisotopic (exact) mass is 233 g/mol. The summed E-state index contributed by atoms with van der Waals surface area (Å²) in [6.07, 6.45) is 0.429. The molecule has 0 atom stereocenters. The van der Waals surface area contributed by atoms with Crippen LogP contribution in [0.3, 0.4) is 0 Å². The first-order chi connectivity index (χ1) is 8.06. The molecule has 1 N–H and O–H groups in total. The molecule has 0 radical (unpaired) electrons. The highest BCUT2D eigenvalue weighted by atomic mass is 16.3. The van der Waals surface area contributed by atoms with Crippen molar-refractivity contribution in [1.29, 1.82) is 0 Å². The van der Waals surface area contributed by atoms with E-state index in [1.54, 1.807) is 24.3 Å². The van der Waals surface area contributed by atoms with Crippen molar-refractivity contribution in [2.45, 2.75) is 6.42 Å². The fourth-order valence-corrected chi connectivity index (χ4v) is 1.62. The third-order valence-corrected chi connectivity index (χ3v) is 2.56. The number of rotatable bonds is 4. The molecule has 0 spiro atoms. The number of hydrogen-bond donors (Lipinski definition) is 1. The van der Waals surface area contributed by atoms with E-state index < -0.39 is 0 Å². The molecule has 0 bridgehead atoms. The molecule has 0 saturated heterocycles. The smallest absolute Gasteiger partial charge is 0.199 e. The van der Waals surface area contributed by atoms with Crippen molar-refractivity contribution in [2.75, 3.05) is 20.6 Å². The van der Waals surface area contributed by atoms with Crippen LogP contribution in [0.2, 0.25) is 0 Å². The Balaban J connectivity index is 2.21. The number of phenolic OH excluding ortho intramolecular Hbond substituents is 1. The Labute approximate surface area is 99.4 Å². The fraction of sp³-hybridized carbons (Fsp3) is 0.308. The van der Waals surface area contributed by atoms with E-state index in [4.69, 9.17) is 4.42 Å². The molecule has 4 heteroatoms. The largest absolute Gasteiger partial charge is 0.508 e. The van der Waals surface area contributed by atoms with Crippen LogP contribution in [0.15, 0.2) is 28.7 Å². The molecule has 0 unspecified atom stereocenters. The van der Waals surface area contributed by atoms with Crippen LogP contribution in [0.25, 0.3) is 11.0 Å². The summed E-state index contributed by atoms with van der Waals surface area (Å²) >= 11 is 0. The highest BCUT2D eigenvalue weighted by Crippen LogP contribution is 2.24. The van der Waals surface area contributed by atoms with Crippen LogP contribution in [0.4, 0.5) is 0 Å². The number of benzene rings is 1. The molecule has 0 aliphatic heterocycles. The minimum absolute atomic E-state index is 0.0191. The molecular formula is C13H15NO3. The zero-order valence-electron chi connectivity index (χ0n) is 9.93. The average molecular weight is 233 g/mol. The minimum atomic E-state index is -0.0191. The van der Waals surface area contributed by atoms with Gasteiger partial charge < -0.3 is 14.4 Å². The molecule has 0 aliphatic carbocycles. The van der Waals surface area contributed by atoms with Crippen molar-refractivity contribution in [2.24, 2.45) is 0 Å². The van der Waals surface area contributed by atoms with E-state index in [2.05, 4.69) is 0 Å². The van der Waals surface area contributed by atoms with Gasteiger partial charge in [-0.3, -0.25) is 4.79 Å². The molecular weight excluding hydrogens is 218 g/mol. The number of aromatic hydroxyl groups is 1. The molecule has 4 nitrogen and oxygen atoms in total. The molecule has 1 aromatic heterocycles. The zero-order valence-corrected chi connectivity index (χ0v) is 9.93. The molecule has 0 fully saturated rings. The van der Waals surface area contributed by atoms with Crippen molar-refractivity contribution in [1.82, 2.24) is 4.90 Å². The lowest BCUT2D eigenvalue weighted by molar-refractivity contribution is 0.0947. The van der Waals surface area contributed by atoms with Gasteiger partial charge in [-0.25, -0.2) is 0 Å². The maximum atomic E-state index is 11.8. The number of Topliss-reactive ketones (excluding diaryl/α,β-unsaturated/α-hetero) is 1. The number of carbonyl (C=O) groups excluding carboxylic acids is 1. The van der Waals surface area contributed by atoms with Crippen molar-refractivity contribution in [3.8, 4) is 5.75 Å². The Bertz CT molecular complexity index is 543. The second kappa shape index (κ2) is 4.59. The summed E-state index contributed by atoms with van der Waals surface area (Å²) in [6.45, 7) is 0.696. The average Bonchev–Trinajstić information content (AvgIpc) is 2.68. The number of nitrogens with zero attached hydrogens (tertiary/aromatic N) is 1. The summed E-state index contributed by atoms with van der Waals surface area (Å²) < 4.78 is 5.44. The van der Waals surface area contributed by atoms with E-state index in [0.717, 1.165) is 5.39 Å². The van der Waals surface area contributed by atoms with Crippen molar-refractivity contribution in [3.63, 3.8) is 0 Å². The first-order valence-corrected chi connectivity index (χ1v) is 5.47. The second-order valence-electron chi connectivity index (χ2n) is 4.31. The lowest BCUT2D eigenvalue weighted by Gasteiger charge is -2.06. The predicted molar refractivity (Wildman–Crippen MR) is 65.4 cm³/mol. The Morgan fingerprint density at radius 2 is 2.12 bits per heavy atom. The fourth-order valence-electron chi connectivity index (χ4n) is 1.62. The third kappa shape index (κ3) is 2.65. The molecule has 0 aliphatic rings. The minimum Gasteiger partial charge on any atom is -0.508 e. The molecule has 2 aromatic rings. The summed E-state index contributed by atoms with van der Waals surface area (Å²) in [5.74, 6) is 0.507. The van der Waals surface area contributed by atoms with Crippen molar-refractivity contribution in [3.05, 3.63) is 30.0 Å². The number of furan rings is 1. The summed E-state index contributed by atoms with van der Waals surface area (Å²) in [4.78, 5) is 13.8. The highest BCUT2D eigenvalue weighted by Gasteiger charge is 2.12. The van der Waals surface area contributed by atoms with E-state index in [1.807, 2.05) is 19.0 Å². The van der Waals surface area contributed by atoms with Crippen LogP contribution in [0.1, 0.15) is 17.0 Å². The van der Waals surface area contributed by atoms with Gasteiger partial charge in [-0.15, -0.1) is 0 Å². The van der Waals surface area contributed by atoms with E-state index in [0.29, 0.717) is 24.3 Å². The SMILES string of the molecule is CN(C)CCC(=O)c1cc2cc(O)ccc2o1. The van der Waals surface area contributed by atoms with Gasteiger partial charge in [0.15, 0.2) is 11.5 Å². The third-order valence-electron chi connectivity index (χ3n) is 2.56. The number of ketones is 1. The van der Waals surface area contributed by atoms with E-state index >= 15 is 0 Å². The molecule has 1 heterocycles. The maximum Gasteiger partial charge on any atom is 0.199 e. The maximum absolute atomic E-state index is 11.8. The topological polar surface area (TPSA) is 53.7 Å². The molecule has 2 rings (SSSR count). The van der Waals surface area contributed by atoms with Crippen LogP contribution in [-0.4, -0.2) is 36.4 Å². The summed E-state index contributed by atoms with van der Waals surface area (Å²) in [5, 5.41) is 10.1. The lowest BCUT2D eigenvalue weighted by Crippen LogP contribution is -2.16. The molecule has 90 valence electrons. The quantitative estimate of drug-likeness (QED) is 0.823. The molecule has 0 saturated carbocycles. The van der Waals surface area contributed by atoms with Crippen LogP contribution < -0.4 is 0 Å². The molecule has 0 amide bonds. The van der Waals surface area contributed by atoms with E-state index in [-0.39, 0.29) is 11.5 Å². The first kappa shape index (κ1) is 11.7. The molecule has 17 heavy (non-hydrogen) atoms. The predicted octanol–water partition coefficient (Wildman–Crippen LogP) is 2.27. The zero-order chi connectivity index (χ0) is 12.4. The second-order valence-corrected chi connectivity index (χ2v) is 4.31. The lowest BCUT2D eigenvalue weighted by atomic mass is 10.2. The van der Waals surface area contributed by atoms with Gasteiger partial charge >= 0.3 is 0 Å². The van der Waals surface area contributed by atoms with Crippen LogP contribution in [0, 0.1) is 0 Å². The van der Waals surface area contributed by atoms with E-state index in [1.165, 1.54) is 0 Å². The first-order valence-electron chi connectivity index (χ1n) is 5.47. The van der Waals surface area contributed by atoms with Crippen LogP contribution in [0.5, 0.6) is 5.75 Å². The standard InChI is InChI=1S/C13H15NO3/c1-14(2)6-5-11(16)13-8-9-7-10(15)3-4-12(9)17-13/h3-4,7-8,15H,5-6H2,1-2H3.